The zero-order valence-electron chi connectivity index (χ0n) is 7.91. The van der Waals surface area contributed by atoms with Gasteiger partial charge in [-0.3, -0.25) is 0 Å². The summed E-state index contributed by atoms with van der Waals surface area (Å²) >= 11 is 3.27. The SMILES string of the molecule is C=C(Br)CN[C@H](CO)c1ccccc1. The molecule has 0 aliphatic carbocycles. The number of hydrogen-bond acceptors (Lipinski definition) is 2. The lowest BCUT2D eigenvalue weighted by Crippen LogP contribution is -2.25. The molecule has 2 nitrogen and oxygen atoms in total. The highest BCUT2D eigenvalue weighted by Gasteiger charge is 2.08. The summed E-state index contributed by atoms with van der Waals surface area (Å²) in [4.78, 5) is 0. The van der Waals surface area contributed by atoms with Crippen molar-refractivity contribution in [2.24, 2.45) is 0 Å². The molecule has 0 radical (unpaired) electrons. The molecular formula is C11H14BrNO. The summed E-state index contributed by atoms with van der Waals surface area (Å²) in [5, 5.41) is 12.4. The summed E-state index contributed by atoms with van der Waals surface area (Å²) in [6.45, 7) is 4.47. The minimum atomic E-state index is -0.0227. The Morgan fingerprint density at radius 1 is 1.43 bits per heavy atom. The molecule has 0 aliphatic rings. The lowest BCUT2D eigenvalue weighted by Gasteiger charge is -2.16. The molecular weight excluding hydrogens is 242 g/mol. The van der Waals surface area contributed by atoms with Crippen LogP contribution in [-0.4, -0.2) is 18.3 Å². The first-order chi connectivity index (χ1) is 6.74. The van der Waals surface area contributed by atoms with Crippen molar-refractivity contribution in [3.05, 3.63) is 47.0 Å². The van der Waals surface area contributed by atoms with Crippen LogP contribution in [0.4, 0.5) is 0 Å². The van der Waals surface area contributed by atoms with Gasteiger partial charge in [-0.15, -0.1) is 0 Å². The second-order valence-corrected chi connectivity index (χ2v) is 4.17. The molecule has 0 aliphatic heterocycles. The molecule has 1 rings (SSSR count). The Balaban J connectivity index is 2.58. The molecule has 2 N–H and O–H groups in total. The van der Waals surface area contributed by atoms with Crippen LogP contribution >= 0.6 is 15.9 Å². The summed E-state index contributed by atoms with van der Waals surface area (Å²) in [5.41, 5.74) is 1.09. The van der Waals surface area contributed by atoms with Gasteiger partial charge in [-0.25, -0.2) is 0 Å². The van der Waals surface area contributed by atoms with Gasteiger partial charge in [-0.1, -0.05) is 52.8 Å². The van der Waals surface area contributed by atoms with Gasteiger partial charge in [0, 0.05) is 11.0 Å². The number of benzene rings is 1. The Morgan fingerprint density at radius 2 is 2.07 bits per heavy atom. The molecule has 0 amide bonds. The van der Waals surface area contributed by atoms with Crippen molar-refractivity contribution in [1.82, 2.24) is 5.32 Å². The third-order valence-corrected chi connectivity index (χ3v) is 2.21. The molecule has 1 atom stereocenters. The predicted octanol–water partition coefficient (Wildman–Crippen LogP) is 2.22. The fourth-order valence-electron chi connectivity index (χ4n) is 1.21. The van der Waals surface area contributed by atoms with Crippen LogP contribution in [0.1, 0.15) is 11.6 Å². The largest absolute Gasteiger partial charge is 0.394 e. The smallest absolute Gasteiger partial charge is 0.0626 e. The number of hydrogen-bond donors (Lipinski definition) is 2. The molecule has 0 saturated heterocycles. The first-order valence-corrected chi connectivity index (χ1v) is 5.26. The van der Waals surface area contributed by atoms with Gasteiger partial charge in [0.15, 0.2) is 0 Å². The molecule has 3 heteroatoms. The number of nitrogens with one attached hydrogen (secondary N) is 1. The first kappa shape index (κ1) is 11.4. The molecule has 0 spiro atoms. The van der Waals surface area contributed by atoms with E-state index in [9.17, 15) is 5.11 Å². The highest BCUT2D eigenvalue weighted by atomic mass is 79.9. The van der Waals surface area contributed by atoms with Gasteiger partial charge < -0.3 is 10.4 Å². The topological polar surface area (TPSA) is 32.3 Å². The highest BCUT2D eigenvalue weighted by Crippen LogP contribution is 2.12. The summed E-state index contributed by atoms with van der Waals surface area (Å²) in [7, 11) is 0. The molecule has 0 fully saturated rings. The third kappa shape index (κ3) is 3.62. The van der Waals surface area contributed by atoms with E-state index in [4.69, 9.17) is 0 Å². The normalized spacial score (nSPS) is 12.4. The molecule has 0 aromatic heterocycles. The van der Waals surface area contributed by atoms with Crippen LogP contribution in [0.5, 0.6) is 0 Å². The van der Waals surface area contributed by atoms with Crippen molar-refractivity contribution < 1.29 is 5.11 Å². The van der Waals surface area contributed by atoms with Gasteiger partial charge in [0.1, 0.15) is 0 Å². The third-order valence-electron chi connectivity index (χ3n) is 1.92. The zero-order chi connectivity index (χ0) is 10.4. The van der Waals surface area contributed by atoms with Crippen LogP contribution in [-0.2, 0) is 0 Å². The average Bonchev–Trinajstić information content (AvgIpc) is 2.20. The lowest BCUT2D eigenvalue weighted by molar-refractivity contribution is 0.248. The van der Waals surface area contributed by atoms with Crippen LogP contribution in [0.3, 0.4) is 0 Å². The van der Waals surface area contributed by atoms with Crippen molar-refractivity contribution in [2.45, 2.75) is 6.04 Å². The van der Waals surface area contributed by atoms with Crippen LogP contribution in [0, 0.1) is 0 Å². The van der Waals surface area contributed by atoms with E-state index in [2.05, 4.69) is 27.8 Å². The van der Waals surface area contributed by atoms with Gasteiger partial charge in [0.05, 0.1) is 12.6 Å². The van der Waals surface area contributed by atoms with Gasteiger partial charge in [0.25, 0.3) is 0 Å². The maximum Gasteiger partial charge on any atom is 0.0626 e. The average molecular weight is 256 g/mol. The Kier molecular flexibility index (Phi) is 4.87. The van der Waals surface area contributed by atoms with E-state index in [0.717, 1.165) is 10.0 Å². The quantitative estimate of drug-likeness (QED) is 0.846. The van der Waals surface area contributed by atoms with Crippen molar-refractivity contribution in [3.63, 3.8) is 0 Å². The number of rotatable bonds is 5. The van der Waals surface area contributed by atoms with Gasteiger partial charge in [0.2, 0.25) is 0 Å². The Labute approximate surface area is 92.8 Å². The summed E-state index contributed by atoms with van der Waals surface area (Å²) in [6.07, 6.45) is 0. The van der Waals surface area contributed by atoms with E-state index >= 15 is 0 Å². The predicted molar refractivity (Wildman–Crippen MR) is 62.3 cm³/mol. The maximum absolute atomic E-state index is 9.18. The van der Waals surface area contributed by atoms with Crippen molar-refractivity contribution in [2.75, 3.05) is 13.2 Å². The zero-order valence-corrected chi connectivity index (χ0v) is 9.50. The summed E-state index contributed by atoms with van der Waals surface area (Å²) in [6, 6.07) is 9.84. The summed E-state index contributed by atoms with van der Waals surface area (Å²) < 4.78 is 0.881. The number of aliphatic hydroxyl groups is 1. The van der Waals surface area contributed by atoms with Crippen LogP contribution < -0.4 is 5.32 Å². The van der Waals surface area contributed by atoms with Crippen molar-refractivity contribution in [1.29, 1.82) is 0 Å². The Hall–Kier alpha value is -0.640. The van der Waals surface area contributed by atoms with E-state index in [-0.39, 0.29) is 12.6 Å². The molecule has 1 aromatic rings. The van der Waals surface area contributed by atoms with Crippen molar-refractivity contribution in [3.8, 4) is 0 Å². The second kappa shape index (κ2) is 5.96. The molecule has 0 heterocycles. The van der Waals surface area contributed by atoms with Crippen LogP contribution in [0.2, 0.25) is 0 Å². The van der Waals surface area contributed by atoms with Gasteiger partial charge in [-0.2, -0.15) is 0 Å². The first-order valence-electron chi connectivity index (χ1n) is 4.46. The van der Waals surface area contributed by atoms with E-state index in [1.54, 1.807) is 0 Å². The van der Waals surface area contributed by atoms with E-state index in [1.165, 1.54) is 0 Å². The minimum absolute atomic E-state index is 0.0227. The van der Waals surface area contributed by atoms with Gasteiger partial charge in [-0.05, 0) is 5.56 Å². The number of aliphatic hydroxyl groups excluding tert-OH is 1. The molecule has 0 saturated carbocycles. The van der Waals surface area contributed by atoms with E-state index in [1.807, 2.05) is 30.3 Å². The molecule has 1 aromatic carbocycles. The van der Waals surface area contributed by atoms with E-state index < -0.39 is 0 Å². The van der Waals surface area contributed by atoms with E-state index in [0.29, 0.717) is 6.54 Å². The monoisotopic (exact) mass is 255 g/mol. The highest BCUT2D eigenvalue weighted by molar-refractivity contribution is 9.11. The summed E-state index contributed by atoms with van der Waals surface area (Å²) in [5.74, 6) is 0. The van der Waals surface area contributed by atoms with Crippen molar-refractivity contribution >= 4 is 15.9 Å². The van der Waals surface area contributed by atoms with Crippen LogP contribution in [0.25, 0.3) is 0 Å². The standard InChI is InChI=1S/C11H14BrNO/c1-9(12)7-13-11(8-14)10-5-3-2-4-6-10/h2-6,11,13-14H,1,7-8H2/t11-/m1/s1. The Bertz CT molecular complexity index is 287. The molecule has 14 heavy (non-hydrogen) atoms. The number of halogens is 1. The van der Waals surface area contributed by atoms with Gasteiger partial charge >= 0.3 is 0 Å². The molecule has 0 unspecified atom stereocenters. The maximum atomic E-state index is 9.18. The molecule has 0 bridgehead atoms. The Morgan fingerprint density at radius 3 is 2.57 bits per heavy atom. The minimum Gasteiger partial charge on any atom is -0.394 e. The molecule has 76 valence electrons. The fourth-order valence-corrected chi connectivity index (χ4v) is 1.37. The fraction of sp³-hybridized carbons (Fsp3) is 0.273. The van der Waals surface area contributed by atoms with Crippen LogP contribution in [0.15, 0.2) is 41.4 Å². The lowest BCUT2D eigenvalue weighted by atomic mass is 10.1. The second-order valence-electron chi connectivity index (χ2n) is 3.04.